The van der Waals surface area contributed by atoms with Crippen LogP contribution in [0.25, 0.3) is 0 Å². The van der Waals surface area contributed by atoms with Crippen molar-refractivity contribution in [2.24, 2.45) is 17.2 Å². The predicted octanol–water partition coefficient (Wildman–Crippen LogP) is -3.92. The molecule has 0 heterocycles. The van der Waals surface area contributed by atoms with Crippen LogP contribution in [0.5, 0.6) is 0 Å². The molecule has 6 N–H and O–H groups in total. The summed E-state index contributed by atoms with van der Waals surface area (Å²) in [5.74, 6) is -11.5. The van der Waals surface area contributed by atoms with Crippen molar-refractivity contribution in [3.63, 3.8) is 0 Å². The lowest BCUT2D eigenvalue weighted by molar-refractivity contribution is -0.464. The van der Waals surface area contributed by atoms with Gasteiger partial charge in [0.05, 0.1) is 19.3 Å². The molecule has 0 bridgehead atoms. The zero-order valence-electron chi connectivity index (χ0n) is 19.7. The minimum absolute atomic E-state index is 0.484. The van der Waals surface area contributed by atoms with E-state index in [1.54, 1.807) is 0 Å². The largest absolute Gasteiger partial charge is 0.392 e. The second-order valence-electron chi connectivity index (χ2n) is 6.78. The summed E-state index contributed by atoms with van der Waals surface area (Å²) in [5, 5.41) is -0.484. The number of carbonyl (C=O) groups is 9. The molecule has 0 unspecified atom stereocenters. The molecule has 37 heavy (non-hydrogen) atoms. The van der Waals surface area contributed by atoms with Gasteiger partial charge in [0, 0.05) is 20.8 Å². The van der Waals surface area contributed by atoms with E-state index in [1.165, 1.54) is 0 Å². The fraction of sp³-hybridized carbons (Fsp3) is 0.500. The van der Waals surface area contributed by atoms with E-state index in [0.29, 0.717) is 0 Å². The highest BCUT2D eigenvalue weighted by molar-refractivity contribution is 5.91. The molecular formula is C18H24N4O15. The van der Waals surface area contributed by atoms with Crippen molar-refractivity contribution in [3.05, 3.63) is 0 Å². The highest BCUT2D eigenvalue weighted by atomic mass is 17.2. The average molecular weight is 536 g/mol. The van der Waals surface area contributed by atoms with E-state index in [1.807, 2.05) is 0 Å². The summed E-state index contributed by atoms with van der Waals surface area (Å²) in [6.45, 7) is 2.66. The first kappa shape index (κ1) is 32.7. The molecule has 0 saturated carbocycles. The van der Waals surface area contributed by atoms with Crippen molar-refractivity contribution in [2.45, 2.75) is 58.2 Å². The topological polar surface area (TPSA) is 290 Å². The van der Waals surface area contributed by atoms with Crippen LogP contribution in [0.15, 0.2) is 0 Å². The molecular weight excluding hydrogens is 512 g/mol. The molecule has 19 nitrogen and oxygen atoms in total. The molecule has 0 fully saturated rings. The molecule has 19 heteroatoms. The first-order valence-electron chi connectivity index (χ1n) is 9.87. The Morgan fingerprint density at radius 3 is 0.919 bits per heavy atom. The number of hydrogen-bond donors (Lipinski definition) is 3. The summed E-state index contributed by atoms with van der Waals surface area (Å²) in [4.78, 5) is 116. The Hall–Kier alpha value is -4.33. The maximum absolute atomic E-state index is 12.0. The fourth-order valence-electron chi connectivity index (χ4n) is 1.86. The summed E-state index contributed by atoms with van der Waals surface area (Å²) in [6.07, 6.45) is -2.98. The minimum Gasteiger partial charge on any atom is -0.392 e. The van der Waals surface area contributed by atoms with Gasteiger partial charge in [-0.15, -0.1) is 0 Å². The highest BCUT2D eigenvalue weighted by Gasteiger charge is 2.30. The molecule has 0 aliphatic heterocycles. The predicted molar refractivity (Wildman–Crippen MR) is 108 cm³/mol. The van der Waals surface area contributed by atoms with Gasteiger partial charge in [-0.3, -0.25) is 14.4 Å². The monoisotopic (exact) mass is 536 g/mol. The molecule has 206 valence electrons. The third-order valence-electron chi connectivity index (χ3n) is 3.33. The van der Waals surface area contributed by atoms with Crippen LogP contribution in [0.1, 0.15) is 40.0 Å². The van der Waals surface area contributed by atoms with Crippen LogP contribution in [0.2, 0.25) is 0 Å². The summed E-state index contributed by atoms with van der Waals surface area (Å²) < 4.78 is 12.5. The first-order chi connectivity index (χ1) is 17.0. The Bertz CT molecular complexity index is 831. The van der Waals surface area contributed by atoms with E-state index in [4.69, 9.17) is 17.2 Å². The van der Waals surface area contributed by atoms with Gasteiger partial charge in [-0.2, -0.15) is 0 Å². The Labute approximate surface area is 207 Å². The highest BCUT2D eigenvalue weighted by Crippen LogP contribution is 2.07. The molecule has 0 aromatic rings. The number of hydrogen-bond acceptors (Lipinski definition) is 19. The number of nitrogens with two attached hydrogens (primary N) is 3. The fourth-order valence-corrected chi connectivity index (χ4v) is 1.86. The van der Waals surface area contributed by atoms with E-state index in [9.17, 15) is 43.2 Å². The van der Waals surface area contributed by atoms with Crippen LogP contribution in [-0.4, -0.2) is 77.2 Å². The van der Waals surface area contributed by atoms with Gasteiger partial charge in [0.15, 0.2) is 0 Å². The minimum atomic E-state index is -1.74. The Balaban J connectivity index is 5.35. The maximum atomic E-state index is 12.0. The average Bonchev–Trinajstić information content (AvgIpc) is 2.71. The lowest BCUT2D eigenvalue weighted by Gasteiger charge is -2.19. The standard InChI is InChI=1S/C18H24N4O15/c1-7(23)32-16(29)10(19)4-13(26)35-22(36-14(27)5-11(20)17(30)33-8(2)24)37-15(28)6-12(21)18(31)34-9(3)25/h10-12H,4-6,19-21H2,1-3H3/t10-,11-,12-/m0/s1. The zero-order valence-corrected chi connectivity index (χ0v) is 19.7. The number of rotatable bonds is 12. The maximum Gasteiger partial charge on any atom is 0.335 e. The summed E-state index contributed by atoms with van der Waals surface area (Å²) >= 11 is 0. The third kappa shape index (κ3) is 14.6. The second kappa shape index (κ2) is 15.6. The molecule has 0 aromatic heterocycles. The lowest BCUT2D eigenvalue weighted by atomic mass is 10.2. The molecule has 0 rings (SSSR count). The van der Waals surface area contributed by atoms with Crippen molar-refractivity contribution >= 4 is 53.7 Å². The van der Waals surface area contributed by atoms with Crippen LogP contribution in [0.3, 0.4) is 0 Å². The van der Waals surface area contributed by atoms with E-state index in [0.717, 1.165) is 20.8 Å². The van der Waals surface area contributed by atoms with Crippen molar-refractivity contribution in [1.82, 2.24) is 5.39 Å². The smallest absolute Gasteiger partial charge is 0.335 e. The van der Waals surface area contributed by atoms with Gasteiger partial charge < -0.3 is 45.9 Å². The van der Waals surface area contributed by atoms with Crippen molar-refractivity contribution < 1.29 is 71.9 Å². The molecule has 0 spiro atoms. The molecule has 3 atom stereocenters. The third-order valence-corrected chi connectivity index (χ3v) is 3.33. The molecule has 0 amide bonds. The van der Waals surface area contributed by atoms with Crippen molar-refractivity contribution in [3.8, 4) is 0 Å². The zero-order chi connectivity index (χ0) is 28.9. The quantitative estimate of drug-likeness (QED) is 0.0928. The Kier molecular flexibility index (Phi) is 13.8. The number of ether oxygens (including phenoxy) is 3. The van der Waals surface area contributed by atoms with Gasteiger partial charge in [-0.05, 0) is 0 Å². The molecule has 0 aliphatic carbocycles. The van der Waals surface area contributed by atoms with Gasteiger partial charge in [0.25, 0.3) is 0 Å². The Morgan fingerprint density at radius 1 is 0.514 bits per heavy atom. The lowest BCUT2D eigenvalue weighted by Crippen LogP contribution is -2.41. The SMILES string of the molecule is CC(=O)OC(=O)[C@@H](N)CC(=O)ON(OC(=O)C[C@H](N)C(=O)OC(C)=O)OC(=O)C[C@H](N)C(=O)OC(C)=O. The van der Waals surface area contributed by atoms with Gasteiger partial charge in [0.1, 0.15) is 18.1 Å². The number of nitrogens with zero attached hydrogens (tertiary/aromatic N) is 1. The van der Waals surface area contributed by atoms with Crippen LogP contribution in [-0.2, 0) is 71.9 Å². The van der Waals surface area contributed by atoms with Crippen LogP contribution >= 0.6 is 0 Å². The van der Waals surface area contributed by atoms with Crippen molar-refractivity contribution in [2.75, 3.05) is 0 Å². The summed E-state index contributed by atoms with van der Waals surface area (Å²) in [5.41, 5.74) is 16.1. The van der Waals surface area contributed by atoms with E-state index < -0.39 is 96.5 Å². The molecule has 0 aromatic carbocycles. The molecule has 0 aliphatic rings. The second-order valence-corrected chi connectivity index (χ2v) is 6.78. The van der Waals surface area contributed by atoms with Gasteiger partial charge in [0.2, 0.25) is 5.39 Å². The summed E-state index contributed by atoms with van der Waals surface area (Å²) in [6, 6.07) is -5.22. The van der Waals surface area contributed by atoms with E-state index in [-0.39, 0.29) is 0 Å². The first-order valence-corrected chi connectivity index (χ1v) is 9.87. The van der Waals surface area contributed by atoms with Crippen LogP contribution < -0.4 is 17.2 Å². The van der Waals surface area contributed by atoms with Gasteiger partial charge >= 0.3 is 53.7 Å². The van der Waals surface area contributed by atoms with E-state index >= 15 is 0 Å². The Morgan fingerprint density at radius 2 is 0.730 bits per heavy atom. The normalized spacial score (nSPS) is 12.7. The molecule has 0 radical (unpaired) electrons. The van der Waals surface area contributed by atoms with Crippen molar-refractivity contribution in [1.29, 1.82) is 0 Å². The van der Waals surface area contributed by atoms with Crippen LogP contribution in [0.4, 0.5) is 0 Å². The van der Waals surface area contributed by atoms with Gasteiger partial charge in [-0.1, -0.05) is 0 Å². The van der Waals surface area contributed by atoms with Crippen LogP contribution in [0, 0.1) is 0 Å². The van der Waals surface area contributed by atoms with E-state index in [2.05, 4.69) is 28.7 Å². The molecule has 0 saturated heterocycles. The summed E-state index contributed by atoms with van der Waals surface area (Å²) in [7, 11) is 0. The number of esters is 6. The number of carbonyl (C=O) groups excluding carboxylic acids is 9. The van der Waals surface area contributed by atoms with Gasteiger partial charge in [-0.25, -0.2) is 28.8 Å².